The van der Waals surface area contributed by atoms with Gasteiger partial charge in [0.1, 0.15) is 11.4 Å². The molecule has 0 fully saturated rings. The zero-order valence-corrected chi connectivity index (χ0v) is 14.1. The first-order chi connectivity index (χ1) is 10.6. The Morgan fingerprint density at radius 2 is 2.00 bits per heavy atom. The minimum absolute atomic E-state index is 0.138. The molecule has 0 saturated carbocycles. The molecule has 1 aromatic carbocycles. The van der Waals surface area contributed by atoms with Gasteiger partial charge in [0.15, 0.2) is 0 Å². The third-order valence-corrected chi connectivity index (χ3v) is 3.21. The molecule has 0 unspecified atom stereocenters. The van der Waals surface area contributed by atoms with E-state index in [2.05, 4.69) is 10.4 Å². The highest BCUT2D eigenvalue weighted by Gasteiger charge is 2.19. The number of benzene rings is 1. The van der Waals surface area contributed by atoms with Crippen LogP contribution in [0.4, 0.5) is 4.79 Å². The zero-order chi connectivity index (χ0) is 17.2. The first-order valence-corrected chi connectivity index (χ1v) is 7.46. The van der Waals surface area contributed by atoms with Crippen molar-refractivity contribution in [2.75, 3.05) is 0 Å². The van der Waals surface area contributed by atoms with Crippen LogP contribution in [-0.2, 0) is 11.8 Å². The summed E-state index contributed by atoms with van der Waals surface area (Å²) in [5, 5.41) is 16.9. The predicted molar refractivity (Wildman–Crippen MR) is 88.1 cm³/mol. The fourth-order valence-electron chi connectivity index (χ4n) is 2.19. The van der Waals surface area contributed by atoms with E-state index in [1.807, 2.05) is 47.0 Å². The van der Waals surface area contributed by atoms with E-state index in [-0.39, 0.29) is 11.8 Å². The summed E-state index contributed by atoms with van der Waals surface area (Å²) in [4.78, 5) is 11.9. The number of hydrogen-bond acceptors (Lipinski definition) is 4. The molecule has 0 aliphatic heterocycles. The van der Waals surface area contributed by atoms with Gasteiger partial charge in [-0.25, -0.2) is 4.79 Å². The van der Waals surface area contributed by atoms with Crippen molar-refractivity contribution in [3.05, 3.63) is 36.2 Å². The Balaban J connectivity index is 2.19. The summed E-state index contributed by atoms with van der Waals surface area (Å²) in [6.45, 7) is 7.27. The van der Waals surface area contributed by atoms with Crippen LogP contribution in [0.3, 0.4) is 0 Å². The topological polar surface area (TPSA) is 76.4 Å². The lowest BCUT2D eigenvalue weighted by Gasteiger charge is -2.22. The standard InChI is InChI=1S/C17H23N3O3/c1-11(19-16(22)23-17(2,3)4)12-6-13(8-15(21)7-12)14-9-18-20(5)10-14/h6-11,21H,1-5H3,(H,19,22)/t11-/m1/s1. The van der Waals surface area contributed by atoms with E-state index in [1.165, 1.54) is 0 Å². The van der Waals surface area contributed by atoms with E-state index >= 15 is 0 Å². The molecule has 23 heavy (non-hydrogen) atoms. The van der Waals surface area contributed by atoms with Crippen molar-refractivity contribution in [1.82, 2.24) is 15.1 Å². The first kappa shape index (κ1) is 16.9. The molecule has 0 saturated heterocycles. The number of carbonyl (C=O) groups is 1. The van der Waals surface area contributed by atoms with E-state index in [0.29, 0.717) is 0 Å². The van der Waals surface area contributed by atoms with Crippen molar-refractivity contribution in [3.8, 4) is 16.9 Å². The van der Waals surface area contributed by atoms with Crippen molar-refractivity contribution in [1.29, 1.82) is 0 Å². The summed E-state index contributed by atoms with van der Waals surface area (Å²) in [5.74, 6) is 0.138. The van der Waals surface area contributed by atoms with Gasteiger partial charge in [0.25, 0.3) is 0 Å². The number of phenols is 1. The average molecular weight is 317 g/mol. The summed E-state index contributed by atoms with van der Waals surface area (Å²) in [6, 6.07) is 4.91. The molecule has 1 heterocycles. The Hall–Kier alpha value is -2.50. The first-order valence-electron chi connectivity index (χ1n) is 7.46. The Morgan fingerprint density at radius 1 is 1.30 bits per heavy atom. The monoisotopic (exact) mass is 317 g/mol. The second-order valence-corrected chi connectivity index (χ2v) is 6.58. The normalized spacial score (nSPS) is 12.7. The van der Waals surface area contributed by atoms with Crippen LogP contribution in [-0.4, -0.2) is 26.6 Å². The molecule has 0 radical (unpaired) electrons. The van der Waals surface area contributed by atoms with E-state index in [4.69, 9.17) is 4.74 Å². The molecule has 6 nitrogen and oxygen atoms in total. The second kappa shape index (κ2) is 6.32. The summed E-state index contributed by atoms with van der Waals surface area (Å²) < 4.78 is 6.95. The molecular weight excluding hydrogens is 294 g/mol. The number of ether oxygens (including phenoxy) is 1. The van der Waals surface area contributed by atoms with Crippen molar-refractivity contribution >= 4 is 6.09 Å². The van der Waals surface area contributed by atoms with Crippen LogP contribution in [0.1, 0.15) is 39.3 Å². The molecule has 1 amide bonds. The third-order valence-electron chi connectivity index (χ3n) is 3.21. The van der Waals surface area contributed by atoms with Crippen LogP contribution in [0, 0.1) is 0 Å². The summed E-state index contributed by atoms with van der Waals surface area (Å²) in [6.07, 6.45) is 3.10. The van der Waals surface area contributed by atoms with Crippen molar-refractivity contribution in [2.45, 2.75) is 39.3 Å². The van der Waals surface area contributed by atoms with Gasteiger partial charge < -0.3 is 15.2 Å². The number of aromatic hydroxyl groups is 1. The highest BCUT2D eigenvalue weighted by Crippen LogP contribution is 2.28. The minimum atomic E-state index is -0.552. The quantitative estimate of drug-likeness (QED) is 0.910. The predicted octanol–water partition coefficient (Wildman–Crippen LogP) is 3.38. The van der Waals surface area contributed by atoms with E-state index in [0.717, 1.165) is 16.7 Å². The lowest BCUT2D eigenvalue weighted by molar-refractivity contribution is 0.0508. The minimum Gasteiger partial charge on any atom is -0.508 e. The second-order valence-electron chi connectivity index (χ2n) is 6.58. The Labute approximate surface area is 136 Å². The van der Waals surface area contributed by atoms with Crippen LogP contribution in [0.2, 0.25) is 0 Å². The van der Waals surface area contributed by atoms with E-state index in [1.54, 1.807) is 23.0 Å². The van der Waals surface area contributed by atoms with Gasteiger partial charge in [-0.15, -0.1) is 0 Å². The van der Waals surface area contributed by atoms with Crippen molar-refractivity contribution in [2.24, 2.45) is 7.05 Å². The van der Waals surface area contributed by atoms with Gasteiger partial charge in [-0.2, -0.15) is 5.10 Å². The van der Waals surface area contributed by atoms with Crippen molar-refractivity contribution in [3.63, 3.8) is 0 Å². The van der Waals surface area contributed by atoms with Crippen LogP contribution >= 0.6 is 0 Å². The van der Waals surface area contributed by atoms with Crippen LogP contribution < -0.4 is 5.32 Å². The molecule has 1 atom stereocenters. The fraction of sp³-hybridized carbons (Fsp3) is 0.412. The Bertz CT molecular complexity index is 701. The van der Waals surface area contributed by atoms with Gasteiger partial charge in [0.2, 0.25) is 0 Å². The zero-order valence-electron chi connectivity index (χ0n) is 14.1. The lowest BCUT2D eigenvalue weighted by atomic mass is 10.0. The Kier molecular flexibility index (Phi) is 4.63. The van der Waals surface area contributed by atoms with E-state index < -0.39 is 11.7 Å². The Morgan fingerprint density at radius 3 is 2.57 bits per heavy atom. The molecule has 0 aliphatic carbocycles. The number of aromatic nitrogens is 2. The maximum atomic E-state index is 11.9. The summed E-state index contributed by atoms with van der Waals surface area (Å²) in [5.41, 5.74) is 1.97. The highest BCUT2D eigenvalue weighted by molar-refractivity contribution is 5.69. The molecular formula is C17H23N3O3. The largest absolute Gasteiger partial charge is 0.508 e. The smallest absolute Gasteiger partial charge is 0.408 e. The van der Waals surface area contributed by atoms with Gasteiger partial charge in [-0.3, -0.25) is 4.68 Å². The van der Waals surface area contributed by atoms with Gasteiger partial charge in [-0.1, -0.05) is 0 Å². The van der Waals surface area contributed by atoms with E-state index in [9.17, 15) is 9.90 Å². The number of amides is 1. The summed E-state index contributed by atoms with van der Waals surface area (Å²) in [7, 11) is 1.83. The SMILES string of the molecule is C[C@@H](NC(=O)OC(C)(C)C)c1cc(O)cc(-c2cnn(C)c2)c1. The molecule has 2 rings (SSSR count). The summed E-state index contributed by atoms with van der Waals surface area (Å²) >= 11 is 0. The van der Waals surface area contributed by atoms with Crippen LogP contribution in [0.15, 0.2) is 30.6 Å². The van der Waals surface area contributed by atoms with Crippen LogP contribution in [0.25, 0.3) is 11.1 Å². The lowest BCUT2D eigenvalue weighted by Crippen LogP contribution is -2.34. The third kappa shape index (κ3) is 4.74. The molecule has 0 spiro atoms. The molecule has 2 N–H and O–H groups in total. The highest BCUT2D eigenvalue weighted by atomic mass is 16.6. The maximum absolute atomic E-state index is 11.9. The van der Waals surface area contributed by atoms with Crippen molar-refractivity contribution < 1.29 is 14.6 Å². The van der Waals surface area contributed by atoms with Gasteiger partial charge in [-0.05, 0) is 57.0 Å². The number of alkyl carbamates (subject to hydrolysis) is 1. The maximum Gasteiger partial charge on any atom is 0.408 e. The van der Waals surface area contributed by atoms with Gasteiger partial charge >= 0.3 is 6.09 Å². The fourth-order valence-corrected chi connectivity index (χ4v) is 2.19. The number of phenolic OH excluding ortho intramolecular Hbond substituents is 1. The molecule has 1 aromatic heterocycles. The molecule has 6 heteroatoms. The van der Waals surface area contributed by atoms with Gasteiger partial charge in [0.05, 0.1) is 12.2 Å². The number of nitrogens with one attached hydrogen (secondary N) is 1. The number of hydrogen-bond donors (Lipinski definition) is 2. The number of nitrogens with zero attached hydrogens (tertiary/aromatic N) is 2. The molecule has 124 valence electrons. The molecule has 0 bridgehead atoms. The number of carbonyl (C=O) groups excluding carboxylic acids is 1. The van der Waals surface area contributed by atoms with Crippen LogP contribution in [0.5, 0.6) is 5.75 Å². The average Bonchev–Trinajstić information content (AvgIpc) is 2.82. The number of rotatable bonds is 3. The van der Waals surface area contributed by atoms with Gasteiger partial charge in [0, 0.05) is 18.8 Å². The number of aryl methyl sites for hydroxylation is 1. The molecule has 0 aliphatic rings. The molecule has 2 aromatic rings.